The van der Waals surface area contributed by atoms with Crippen molar-refractivity contribution in [2.24, 2.45) is 7.05 Å². The van der Waals surface area contributed by atoms with Crippen molar-refractivity contribution in [1.82, 2.24) is 19.1 Å². The molecule has 2 heterocycles. The fourth-order valence-electron chi connectivity index (χ4n) is 3.74. The van der Waals surface area contributed by atoms with Crippen molar-refractivity contribution in [3.8, 4) is 11.5 Å². The van der Waals surface area contributed by atoms with E-state index in [0.717, 1.165) is 5.56 Å². The second-order valence-corrected chi connectivity index (χ2v) is 7.67. The Morgan fingerprint density at radius 3 is 2.50 bits per heavy atom. The second kappa shape index (κ2) is 9.65. The third-order valence-corrected chi connectivity index (χ3v) is 5.55. The topological polar surface area (TPSA) is 120 Å². The molecule has 0 fully saturated rings. The van der Waals surface area contributed by atoms with E-state index in [9.17, 15) is 14.4 Å². The van der Waals surface area contributed by atoms with E-state index in [1.807, 2.05) is 24.3 Å². The molecule has 0 unspecified atom stereocenters. The van der Waals surface area contributed by atoms with Crippen LogP contribution < -0.4 is 26.0 Å². The second-order valence-electron chi connectivity index (χ2n) is 7.67. The number of nitrogens with zero attached hydrogens (tertiary/aromatic N) is 3. The molecule has 10 heteroatoms. The lowest BCUT2D eigenvalue weighted by atomic mass is 10.1. The van der Waals surface area contributed by atoms with Gasteiger partial charge in [0.25, 0.3) is 5.56 Å². The lowest BCUT2D eigenvalue weighted by molar-refractivity contribution is 0.0974. The Kier molecular flexibility index (Phi) is 6.48. The van der Waals surface area contributed by atoms with E-state index < -0.39 is 11.2 Å². The van der Waals surface area contributed by atoms with E-state index in [4.69, 9.17) is 9.47 Å². The molecule has 0 bridgehead atoms. The Hall–Kier alpha value is -4.34. The number of nitrogens with one attached hydrogen (secondary N) is 2. The van der Waals surface area contributed by atoms with Gasteiger partial charge in [-0.2, -0.15) is 4.98 Å². The molecular weight excluding hydrogens is 438 g/mol. The van der Waals surface area contributed by atoms with Gasteiger partial charge < -0.3 is 14.8 Å². The summed E-state index contributed by atoms with van der Waals surface area (Å²) in [6, 6.07) is 14.5. The number of rotatable bonds is 9. The molecule has 0 radical (unpaired) electrons. The molecular formula is C24H25N5O5. The number of aryl methyl sites for hydroxylation is 1. The maximum Gasteiger partial charge on any atom is 0.329 e. The van der Waals surface area contributed by atoms with Gasteiger partial charge in [0.15, 0.2) is 28.4 Å². The molecule has 10 nitrogen and oxygen atoms in total. The van der Waals surface area contributed by atoms with Crippen LogP contribution in [0.1, 0.15) is 15.9 Å². The molecule has 0 aliphatic carbocycles. The van der Waals surface area contributed by atoms with Crippen LogP contribution in [0.25, 0.3) is 11.2 Å². The minimum atomic E-state index is -0.598. The van der Waals surface area contributed by atoms with E-state index in [-0.39, 0.29) is 23.5 Å². The summed E-state index contributed by atoms with van der Waals surface area (Å²) in [5.74, 6) is 1.41. The normalized spacial score (nSPS) is 10.9. The zero-order valence-corrected chi connectivity index (χ0v) is 19.1. The molecule has 0 saturated carbocycles. The summed E-state index contributed by atoms with van der Waals surface area (Å²) in [5.41, 5.74) is 0.691. The lowest BCUT2D eigenvalue weighted by Gasteiger charge is -2.12. The van der Waals surface area contributed by atoms with Crippen LogP contribution in [-0.4, -0.2) is 45.6 Å². The SMILES string of the molecule is COc1ccc(CCNc2nc3c(c(=O)[nH]c(=O)n3C)n2CC(=O)c2ccccc2)cc1OC. The average molecular weight is 463 g/mol. The highest BCUT2D eigenvalue weighted by atomic mass is 16.5. The number of carbonyl (C=O) groups excluding carboxylic acids is 1. The maximum atomic E-state index is 12.9. The number of fused-ring (bicyclic) bond motifs is 1. The Bertz CT molecular complexity index is 1450. The van der Waals surface area contributed by atoms with Gasteiger partial charge >= 0.3 is 5.69 Å². The summed E-state index contributed by atoms with van der Waals surface area (Å²) < 4.78 is 13.4. The Morgan fingerprint density at radius 1 is 1.06 bits per heavy atom. The van der Waals surface area contributed by atoms with Crippen LogP contribution in [0.4, 0.5) is 5.95 Å². The summed E-state index contributed by atoms with van der Waals surface area (Å²) in [7, 11) is 4.67. The van der Waals surface area contributed by atoms with Crippen molar-refractivity contribution in [1.29, 1.82) is 0 Å². The number of aromatic amines is 1. The largest absolute Gasteiger partial charge is 0.493 e. The first-order chi connectivity index (χ1) is 16.4. The van der Waals surface area contributed by atoms with Crippen molar-refractivity contribution < 1.29 is 14.3 Å². The summed E-state index contributed by atoms with van der Waals surface area (Å²) in [4.78, 5) is 44.4. The van der Waals surface area contributed by atoms with E-state index in [1.54, 1.807) is 38.5 Å². The van der Waals surface area contributed by atoms with Gasteiger partial charge in [-0.05, 0) is 24.1 Å². The highest BCUT2D eigenvalue weighted by Gasteiger charge is 2.20. The van der Waals surface area contributed by atoms with Crippen LogP contribution in [0.2, 0.25) is 0 Å². The Balaban J connectivity index is 1.65. The number of carbonyl (C=O) groups is 1. The minimum absolute atomic E-state index is 0.111. The van der Waals surface area contributed by atoms with Gasteiger partial charge in [0.2, 0.25) is 5.95 Å². The molecule has 0 spiro atoms. The molecule has 2 aromatic heterocycles. The molecule has 176 valence electrons. The maximum absolute atomic E-state index is 12.9. The van der Waals surface area contributed by atoms with Crippen molar-refractivity contribution >= 4 is 22.9 Å². The first-order valence-electron chi connectivity index (χ1n) is 10.7. The average Bonchev–Trinajstić information content (AvgIpc) is 3.21. The van der Waals surface area contributed by atoms with Gasteiger partial charge in [0, 0.05) is 19.2 Å². The molecule has 0 aliphatic rings. The molecule has 0 aliphatic heterocycles. The Morgan fingerprint density at radius 2 is 1.79 bits per heavy atom. The van der Waals surface area contributed by atoms with Crippen molar-refractivity contribution in [2.45, 2.75) is 13.0 Å². The van der Waals surface area contributed by atoms with Gasteiger partial charge in [0.1, 0.15) is 0 Å². The summed E-state index contributed by atoms with van der Waals surface area (Å²) >= 11 is 0. The third-order valence-electron chi connectivity index (χ3n) is 5.55. The highest BCUT2D eigenvalue weighted by molar-refractivity contribution is 5.96. The molecule has 0 saturated heterocycles. The molecule has 2 N–H and O–H groups in total. The van der Waals surface area contributed by atoms with Crippen LogP contribution in [0.5, 0.6) is 11.5 Å². The standard InChI is InChI=1S/C24H25N5O5/c1-28-21-20(22(31)27-24(28)32)29(14-17(30)16-7-5-4-6-8-16)23(26-21)25-12-11-15-9-10-18(33-2)19(13-15)34-3/h4-10,13H,11-12,14H2,1-3H3,(H,25,26)(H,27,31,32). The van der Waals surface area contributed by atoms with E-state index in [2.05, 4.69) is 15.3 Å². The molecule has 0 amide bonds. The number of anilines is 1. The number of benzene rings is 2. The summed E-state index contributed by atoms with van der Waals surface area (Å²) in [5, 5.41) is 3.21. The Labute approximate surface area is 194 Å². The number of H-pyrrole nitrogens is 1. The molecule has 4 rings (SSSR count). The quantitative estimate of drug-likeness (QED) is 0.364. The fourth-order valence-corrected chi connectivity index (χ4v) is 3.74. The number of ether oxygens (including phenoxy) is 2. The summed E-state index contributed by atoms with van der Waals surface area (Å²) in [6.45, 7) is 0.352. The number of imidazole rings is 1. The molecule has 2 aromatic carbocycles. The van der Waals surface area contributed by atoms with Gasteiger partial charge in [-0.25, -0.2) is 4.79 Å². The van der Waals surface area contributed by atoms with Gasteiger partial charge in [0.05, 0.1) is 20.8 Å². The number of Topliss-reactive ketones (excluding diaryl/α,β-unsaturated/α-hetero) is 1. The lowest BCUT2D eigenvalue weighted by Crippen LogP contribution is -2.29. The number of methoxy groups -OCH3 is 2. The van der Waals surface area contributed by atoms with Crippen LogP contribution in [0.3, 0.4) is 0 Å². The van der Waals surface area contributed by atoms with E-state index >= 15 is 0 Å². The number of ketones is 1. The van der Waals surface area contributed by atoms with Crippen molar-refractivity contribution in [2.75, 3.05) is 26.1 Å². The molecule has 4 aromatic rings. The monoisotopic (exact) mass is 463 g/mol. The smallest absolute Gasteiger partial charge is 0.329 e. The predicted octanol–water partition coefficient (Wildman–Crippen LogP) is 1.98. The summed E-state index contributed by atoms with van der Waals surface area (Å²) in [6.07, 6.45) is 0.617. The minimum Gasteiger partial charge on any atom is -0.493 e. The van der Waals surface area contributed by atoms with E-state index in [1.165, 1.54) is 16.2 Å². The van der Waals surface area contributed by atoms with Crippen molar-refractivity contribution in [3.63, 3.8) is 0 Å². The third kappa shape index (κ3) is 4.42. The van der Waals surface area contributed by atoms with Crippen LogP contribution in [0, 0.1) is 0 Å². The zero-order valence-electron chi connectivity index (χ0n) is 19.1. The first kappa shape index (κ1) is 22.8. The first-order valence-corrected chi connectivity index (χ1v) is 10.7. The molecule has 0 atom stereocenters. The zero-order chi connectivity index (χ0) is 24.2. The predicted molar refractivity (Wildman–Crippen MR) is 128 cm³/mol. The van der Waals surface area contributed by atoms with Gasteiger partial charge in [-0.15, -0.1) is 0 Å². The van der Waals surface area contributed by atoms with Gasteiger partial charge in [-0.1, -0.05) is 36.4 Å². The number of hydrogen-bond acceptors (Lipinski definition) is 7. The molecule has 34 heavy (non-hydrogen) atoms. The van der Waals surface area contributed by atoms with Crippen LogP contribution in [-0.2, 0) is 20.0 Å². The number of aromatic nitrogens is 4. The van der Waals surface area contributed by atoms with E-state index in [0.29, 0.717) is 36.0 Å². The van der Waals surface area contributed by atoms with Gasteiger partial charge in [-0.3, -0.25) is 23.7 Å². The van der Waals surface area contributed by atoms with Crippen molar-refractivity contribution in [3.05, 3.63) is 80.5 Å². The number of hydrogen-bond donors (Lipinski definition) is 2. The fraction of sp³-hybridized carbons (Fsp3) is 0.250. The van der Waals surface area contributed by atoms with Crippen LogP contribution in [0.15, 0.2) is 58.1 Å². The van der Waals surface area contributed by atoms with Crippen LogP contribution >= 0.6 is 0 Å². The highest BCUT2D eigenvalue weighted by Crippen LogP contribution is 2.27.